The van der Waals surface area contributed by atoms with Gasteiger partial charge in [0.2, 0.25) is 23.7 Å². The van der Waals surface area contributed by atoms with E-state index < -0.39 is 0 Å². The highest BCUT2D eigenvalue weighted by Gasteiger charge is 2.18. The molecule has 0 bridgehead atoms. The van der Waals surface area contributed by atoms with Gasteiger partial charge in [-0.15, -0.1) is 13.2 Å². The van der Waals surface area contributed by atoms with Crippen molar-refractivity contribution in [2.45, 2.75) is 74.7 Å². The number of methoxy groups -OCH3 is 2. The molecule has 1 aliphatic heterocycles. The van der Waals surface area contributed by atoms with Gasteiger partial charge in [0.25, 0.3) is 0 Å². The molecule has 1 fully saturated rings. The molecule has 0 atom stereocenters. The van der Waals surface area contributed by atoms with Crippen LogP contribution in [0.2, 0.25) is 0 Å². The van der Waals surface area contributed by atoms with Crippen molar-refractivity contribution in [3.05, 3.63) is 148 Å². The van der Waals surface area contributed by atoms with E-state index in [2.05, 4.69) is 129 Å². The summed E-state index contributed by atoms with van der Waals surface area (Å²) in [5.41, 5.74) is 9.58. The molecular formula is C71H105N15O5. The summed E-state index contributed by atoms with van der Waals surface area (Å²) in [6, 6.07) is 25.6. The fourth-order valence-corrected chi connectivity index (χ4v) is 8.93. The zero-order chi connectivity index (χ0) is 67.8. The number of hydrogen-bond acceptors (Lipinski definition) is 16. The summed E-state index contributed by atoms with van der Waals surface area (Å²) in [5, 5.41) is 14.2. The SMILES string of the molecule is C=C.C=CC(=O)Nc1cc(Nc2nccc(-c3ccc4c(ccn4C)c3)n2)c(OC)cc1N(C)CCN(C)C.C=CC(=O)Nc1ccc(OC)cc1N(C)CCN1CCCC1.CC.CC.CC.CCCOCC.CNc1nccc(-c2cnc3c(ccn3C)c2)n1. The molecule has 9 rings (SSSR count). The maximum absolute atomic E-state index is 12.2. The van der Waals surface area contributed by atoms with E-state index in [1.807, 2.05) is 162 Å². The Morgan fingerprint density at radius 3 is 1.81 bits per heavy atom. The molecule has 4 N–H and O–H groups in total. The Labute approximate surface area is 543 Å². The van der Waals surface area contributed by atoms with Crippen LogP contribution in [0.1, 0.15) is 74.7 Å². The summed E-state index contributed by atoms with van der Waals surface area (Å²) < 4.78 is 20.1. The van der Waals surface area contributed by atoms with Crippen LogP contribution in [0.25, 0.3) is 44.5 Å². The Hall–Kier alpha value is -9.11. The molecule has 8 aromatic rings. The van der Waals surface area contributed by atoms with Gasteiger partial charge in [-0.1, -0.05) is 67.7 Å². The molecule has 1 aliphatic rings. The molecule has 0 spiro atoms. The Balaban J connectivity index is 0.000000445. The number of hydrogen-bond donors (Lipinski definition) is 4. The Bertz CT molecular complexity index is 3410. The van der Waals surface area contributed by atoms with E-state index in [4.69, 9.17) is 19.2 Å². The van der Waals surface area contributed by atoms with Crippen LogP contribution >= 0.6 is 0 Å². The number of benzene rings is 3. The van der Waals surface area contributed by atoms with Crippen molar-refractivity contribution in [1.29, 1.82) is 0 Å². The number of nitrogens with zero attached hydrogens (tertiary/aromatic N) is 11. The summed E-state index contributed by atoms with van der Waals surface area (Å²) in [5.74, 6) is 1.90. The number of aromatic nitrogens is 7. The molecule has 0 unspecified atom stereocenters. The predicted octanol–water partition coefficient (Wildman–Crippen LogP) is 14.2. The number of ether oxygens (including phenoxy) is 3. The molecule has 1 saturated heterocycles. The highest BCUT2D eigenvalue weighted by molar-refractivity contribution is 6.02. The lowest BCUT2D eigenvalue weighted by molar-refractivity contribution is -0.112. The van der Waals surface area contributed by atoms with Crippen molar-refractivity contribution >= 4 is 74.1 Å². The summed E-state index contributed by atoms with van der Waals surface area (Å²) in [7, 11) is 17.1. The zero-order valence-corrected chi connectivity index (χ0v) is 57.6. The highest BCUT2D eigenvalue weighted by Crippen LogP contribution is 2.38. The fraction of sp³-hybridized carbons (Fsp3) is 0.394. The Morgan fingerprint density at radius 1 is 0.637 bits per heavy atom. The van der Waals surface area contributed by atoms with Gasteiger partial charge in [0.05, 0.1) is 54.0 Å². The van der Waals surface area contributed by atoms with Crippen LogP contribution in [0.15, 0.2) is 148 Å². The molecule has 3 aromatic carbocycles. The van der Waals surface area contributed by atoms with Gasteiger partial charge in [0.1, 0.15) is 17.1 Å². The lowest BCUT2D eigenvalue weighted by Crippen LogP contribution is -2.31. The first-order valence-electron chi connectivity index (χ1n) is 31.3. The zero-order valence-electron chi connectivity index (χ0n) is 57.6. The third-order valence-corrected chi connectivity index (χ3v) is 13.6. The van der Waals surface area contributed by atoms with Gasteiger partial charge in [-0.05, 0) is 126 Å². The number of carbonyl (C=O) groups excluding carboxylic acids is 2. The minimum absolute atomic E-state index is 0.209. The molecule has 0 aliphatic carbocycles. The van der Waals surface area contributed by atoms with Crippen molar-refractivity contribution in [3.63, 3.8) is 0 Å². The molecule has 5 aromatic heterocycles. The minimum Gasteiger partial charge on any atom is -0.497 e. The van der Waals surface area contributed by atoms with Crippen LogP contribution < -0.4 is 40.5 Å². The highest BCUT2D eigenvalue weighted by atomic mass is 16.5. The Kier molecular flexibility index (Phi) is 37.3. The quantitative estimate of drug-likeness (QED) is 0.0284. The molecular weight excluding hydrogens is 1140 g/mol. The molecule has 2 amide bonds. The third-order valence-electron chi connectivity index (χ3n) is 13.6. The first-order chi connectivity index (χ1) is 44.1. The number of anilines is 7. The van der Waals surface area contributed by atoms with Gasteiger partial charge in [-0.3, -0.25) is 9.59 Å². The molecule has 20 nitrogen and oxygen atoms in total. The number of amides is 2. The van der Waals surface area contributed by atoms with Gasteiger partial charge in [-0.2, -0.15) is 0 Å². The third kappa shape index (κ3) is 25.0. The number of likely N-dealkylation sites (N-methyl/N-ethyl adjacent to an activating group) is 3. The van der Waals surface area contributed by atoms with E-state index in [0.29, 0.717) is 29.0 Å². The molecule has 20 heteroatoms. The van der Waals surface area contributed by atoms with Gasteiger partial charge < -0.3 is 64.2 Å². The summed E-state index contributed by atoms with van der Waals surface area (Å²) in [4.78, 5) is 54.7. The standard InChI is InChI=1S/C28H33N7O2.C17H25N3O2.C13H13N5.C5H12O.3C2H6.C2H4/c1-7-27(36)30-22-17-23(26(37-6)18-25(22)35(5)15-14-33(2)3)32-28-29-12-10-21(31-28)19-8-9-24-20(16-19)11-13-34(24)4;1-4-17(21)18-15-8-7-14(22-3)13-16(15)19(2)11-12-20-9-5-6-10-20;1-14-13-15-5-3-11(17-13)10-7-9-4-6-18(2)12(9)16-8-10;1-3-5-6-4-2;4*1-2/h7-13,16-18H,1,14-15H2,2-6H3,(H,30,36)(H,29,31,32);4,7-8,13H,1,5-6,9-12H2,2-3H3,(H,18,21);3-8H,1-2H3,(H,14,15,17);3-5H2,1-2H3;3*1-2H3;1-2H2. The number of aryl methyl sites for hydroxylation is 2. The largest absolute Gasteiger partial charge is 0.497 e. The Morgan fingerprint density at radius 2 is 1.22 bits per heavy atom. The van der Waals surface area contributed by atoms with E-state index >= 15 is 0 Å². The predicted molar refractivity (Wildman–Crippen MR) is 385 cm³/mol. The van der Waals surface area contributed by atoms with E-state index in [0.717, 1.165) is 113 Å². The number of carbonyl (C=O) groups is 2. The van der Waals surface area contributed by atoms with Gasteiger partial charge in [-0.25, -0.2) is 24.9 Å². The molecule has 91 heavy (non-hydrogen) atoms. The van der Waals surface area contributed by atoms with Crippen molar-refractivity contribution in [3.8, 4) is 34.0 Å². The van der Waals surface area contributed by atoms with E-state index in [1.54, 1.807) is 33.7 Å². The van der Waals surface area contributed by atoms with Crippen LogP contribution in [0.3, 0.4) is 0 Å². The monoisotopic (exact) mass is 1250 g/mol. The van der Waals surface area contributed by atoms with Crippen molar-refractivity contribution in [2.75, 3.05) is 133 Å². The van der Waals surface area contributed by atoms with Crippen LogP contribution in [0, 0.1) is 0 Å². The van der Waals surface area contributed by atoms with Gasteiger partial charge in [0.15, 0.2) is 0 Å². The second-order valence-corrected chi connectivity index (χ2v) is 19.9. The second kappa shape index (κ2) is 43.5. The lowest BCUT2D eigenvalue weighted by atomic mass is 10.1. The first kappa shape index (κ1) is 78.0. The summed E-state index contributed by atoms with van der Waals surface area (Å²) in [6.07, 6.45) is 15.6. The van der Waals surface area contributed by atoms with Crippen LogP contribution in [0.5, 0.6) is 11.5 Å². The summed E-state index contributed by atoms with van der Waals surface area (Å²) >= 11 is 0. The van der Waals surface area contributed by atoms with Crippen LogP contribution in [-0.4, -0.2) is 158 Å². The number of rotatable bonds is 22. The molecule has 6 heterocycles. The maximum Gasteiger partial charge on any atom is 0.247 e. The molecule has 0 radical (unpaired) electrons. The van der Waals surface area contributed by atoms with Crippen molar-refractivity contribution in [1.82, 2.24) is 43.9 Å². The first-order valence-corrected chi connectivity index (χ1v) is 31.3. The normalized spacial score (nSPS) is 11.0. The minimum atomic E-state index is -0.298. The van der Waals surface area contributed by atoms with Gasteiger partial charge in [0, 0.05) is 145 Å². The number of likely N-dealkylation sites (tertiary alicyclic amines) is 1. The fourth-order valence-electron chi connectivity index (χ4n) is 8.93. The summed E-state index contributed by atoms with van der Waals surface area (Å²) in [6.45, 7) is 36.9. The number of pyridine rings is 1. The van der Waals surface area contributed by atoms with Crippen LogP contribution in [0.4, 0.5) is 40.3 Å². The number of fused-ring (bicyclic) bond motifs is 2. The average Bonchev–Trinajstić information content (AvgIpc) is 1.87. The topological polar surface area (TPSA) is 197 Å². The van der Waals surface area contributed by atoms with Gasteiger partial charge >= 0.3 is 0 Å². The van der Waals surface area contributed by atoms with E-state index in [-0.39, 0.29) is 11.8 Å². The maximum atomic E-state index is 12.2. The van der Waals surface area contributed by atoms with E-state index in [1.165, 1.54) is 38.1 Å². The van der Waals surface area contributed by atoms with E-state index in [9.17, 15) is 9.59 Å². The lowest BCUT2D eigenvalue weighted by Gasteiger charge is -2.26. The van der Waals surface area contributed by atoms with Crippen molar-refractivity contribution in [2.24, 2.45) is 14.1 Å². The van der Waals surface area contributed by atoms with Crippen molar-refractivity contribution < 1.29 is 23.8 Å². The average molecular weight is 1250 g/mol. The van der Waals surface area contributed by atoms with Crippen LogP contribution in [-0.2, 0) is 28.4 Å². The number of nitrogens with one attached hydrogen (secondary N) is 4. The molecule has 494 valence electrons. The second-order valence-electron chi connectivity index (χ2n) is 19.9. The smallest absolute Gasteiger partial charge is 0.247 e. The molecule has 0 saturated carbocycles.